The number of nitrogens with one attached hydrogen (secondary N) is 2. The normalized spacial score (nSPS) is 25.8. The lowest BCUT2D eigenvalue weighted by molar-refractivity contribution is -0.0535. The summed E-state index contributed by atoms with van der Waals surface area (Å²) in [6, 6.07) is 0.196. The molecule has 1 unspecified atom stereocenters. The van der Waals surface area contributed by atoms with Gasteiger partial charge in [0.05, 0.1) is 12.9 Å². The van der Waals surface area contributed by atoms with E-state index in [0.717, 1.165) is 36.9 Å². The second-order valence-electron chi connectivity index (χ2n) is 8.90. The van der Waals surface area contributed by atoms with Crippen molar-refractivity contribution in [2.75, 3.05) is 29.7 Å². The van der Waals surface area contributed by atoms with Crippen molar-refractivity contribution < 1.29 is 41.7 Å². The molecule has 1 aromatic rings. The number of hydrazone groups is 1. The number of anilines is 2. The molecule has 37 heavy (non-hydrogen) atoms. The number of ether oxygens (including phenoxy) is 2. The third-order valence-corrected chi connectivity index (χ3v) is 7.98. The van der Waals surface area contributed by atoms with Crippen LogP contribution in [0.2, 0.25) is 5.28 Å². The smallest absolute Gasteiger partial charge is 0.355 e. The molecule has 1 saturated heterocycles. The van der Waals surface area contributed by atoms with E-state index < -0.39 is 61.2 Å². The molecular weight excluding hydrogens is 558 g/mol. The predicted molar refractivity (Wildman–Crippen MR) is 134 cm³/mol. The molecule has 1 aliphatic carbocycles. The quantitative estimate of drug-likeness (QED) is 0.0994. The lowest BCUT2D eigenvalue weighted by Gasteiger charge is -2.28. The Kier molecular flexibility index (Phi) is 9.86. The molecule has 0 bridgehead atoms. The Labute approximate surface area is 218 Å². The van der Waals surface area contributed by atoms with Gasteiger partial charge in [-0.15, -0.1) is 0 Å². The van der Waals surface area contributed by atoms with Crippen LogP contribution in [0.3, 0.4) is 0 Å². The Morgan fingerprint density at radius 2 is 2.03 bits per heavy atom. The van der Waals surface area contributed by atoms with E-state index in [4.69, 9.17) is 21.1 Å². The highest BCUT2D eigenvalue weighted by atomic mass is 35.5. The second kappa shape index (κ2) is 12.1. The summed E-state index contributed by atoms with van der Waals surface area (Å²) in [4.78, 5) is 27.3. The van der Waals surface area contributed by atoms with Crippen molar-refractivity contribution in [3.63, 3.8) is 0 Å². The number of aliphatic hydroxyl groups excluding tert-OH is 1. The topological polar surface area (TPSA) is 196 Å². The maximum Gasteiger partial charge on any atom is 0.355 e. The van der Waals surface area contributed by atoms with E-state index in [1.807, 2.05) is 4.72 Å². The van der Waals surface area contributed by atoms with Gasteiger partial charge in [0.15, 0.2) is 24.1 Å². The van der Waals surface area contributed by atoms with Gasteiger partial charge in [-0.25, -0.2) is 27.5 Å². The van der Waals surface area contributed by atoms with Crippen LogP contribution >= 0.6 is 19.2 Å². The molecule has 210 valence electrons. The van der Waals surface area contributed by atoms with Gasteiger partial charge in [0.25, 0.3) is 0 Å². The first kappa shape index (κ1) is 30.1. The molecule has 0 amide bonds. The van der Waals surface area contributed by atoms with E-state index in [0.29, 0.717) is 11.4 Å². The van der Waals surface area contributed by atoms with Crippen molar-refractivity contribution >= 4 is 47.6 Å². The summed E-state index contributed by atoms with van der Waals surface area (Å²) in [5, 5.41) is 18.4. The lowest BCUT2D eigenvalue weighted by atomic mass is 10.1. The molecule has 1 aromatic heterocycles. The van der Waals surface area contributed by atoms with Gasteiger partial charge in [-0.2, -0.15) is 10.1 Å². The maximum atomic E-state index is 15.2. The molecule has 1 aliphatic heterocycles. The highest BCUT2D eigenvalue weighted by Crippen LogP contribution is 2.42. The van der Waals surface area contributed by atoms with Gasteiger partial charge in [-0.05, 0) is 31.4 Å². The predicted octanol–water partition coefficient (Wildman–Crippen LogP) is 0.708. The molecule has 5 N–H and O–H groups in total. The van der Waals surface area contributed by atoms with E-state index >= 15 is 4.39 Å². The van der Waals surface area contributed by atoms with Crippen molar-refractivity contribution in [2.24, 2.45) is 5.10 Å². The molecule has 2 fully saturated rings. The molecule has 0 spiro atoms. The highest BCUT2D eigenvalue weighted by Gasteiger charge is 2.49. The number of halogens is 2. The van der Waals surface area contributed by atoms with Gasteiger partial charge in [0.1, 0.15) is 18.0 Å². The molecule has 18 heteroatoms. The van der Waals surface area contributed by atoms with Crippen LogP contribution in [0.15, 0.2) is 5.10 Å². The summed E-state index contributed by atoms with van der Waals surface area (Å²) in [7, 11) is -8.71. The van der Waals surface area contributed by atoms with Crippen molar-refractivity contribution in [1.29, 1.82) is 0 Å². The standard InChI is InChI=1S/C19H31ClFN6O8PS/c1-10-16(24-11-6-4-5-7-11)25-19(20)26-17(10)27(22-2)18-14(21)15(28)12(35-18)9-34-13(36(29,30)31)8-23-37(3,32)33/h11-15,18,23,28H,2,4-9H2,1,3H3,(H,24,25,26)(H2,29,30,31)/t12-,13?,14+,15-,18-/m1/s1. The average molecular weight is 589 g/mol. The van der Waals surface area contributed by atoms with E-state index in [2.05, 4.69) is 27.1 Å². The number of sulfonamides is 1. The van der Waals surface area contributed by atoms with Crippen LogP contribution in [0.5, 0.6) is 0 Å². The molecule has 0 aromatic carbocycles. The number of alkyl halides is 1. The van der Waals surface area contributed by atoms with E-state index in [1.165, 1.54) is 0 Å². The van der Waals surface area contributed by atoms with Crippen LogP contribution in [-0.2, 0) is 24.1 Å². The summed E-state index contributed by atoms with van der Waals surface area (Å²) < 4.78 is 62.2. The minimum Gasteiger partial charge on any atom is -0.387 e. The summed E-state index contributed by atoms with van der Waals surface area (Å²) in [5.74, 6) is -1.37. The molecule has 1 saturated carbocycles. The van der Waals surface area contributed by atoms with Crippen molar-refractivity contribution in [2.45, 2.75) is 69.1 Å². The molecule has 5 atom stereocenters. The third kappa shape index (κ3) is 7.77. The number of hydrogen-bond acceptors (Lipinski definition) is 11. The van der Waals surface area contributed by atoms with E-state index in [-0.39, 0.29) is 17.1 Å². The Bertz CT molecular complexity index is 1120. The van der Waals surface area contributed by atoms with Gasteiger partial charge in [0.2, 0.25) is 15.3 Å². The number of nitrogens with zero attached hydrogens (tertiary/aromatic N) is 4. The summed E-state index contributed by atoms with van der Waals surface area (Å²) in [6.45, 7) is 3.72. The Balaban J connectivity index is 1.76. The zero-order valence-electron chi connectivity index (χ0n) is 20.2. The van der Waals surface area contributed by atoms with Crippen LogP contribution in [0.25, 0.3) is 0 Å². The zero-order chi connectivity index (χ0) is 27.5. The Morgan fingerprint density at radius 3 is 2.59 bits per heavy atom. The zero-order valence-corrected chi connectivity index (χ0v) is 22.7. The lowest BCUT2D eigenvalue weighted by Crippen LogP contribution is -2.40. The van der Waals surface area contributed by atoms with Gasteiger partial charge >= 0.3 is 7.60 Å². The third-order valence-electron chi connectivity index (χ3n) is 6.04. The van der Waals surface area contributed by atoms with Crippen LogP contribution in [-0.4, -0.2) is 95.9 Å². The minimum absolute atomic E-state index is 0.0855. The number of aliphatic hydroxyl groups is 1. The van der Waals surface area contributed by atoms with Crippen LogP contribution in [0.1, 0.15) is 31.2 Å². The fourth-order valence-corrected chi connectivity index (χ4v) is 5.47. The van der Waals surface area contributed by atoms with Crippen LogP contribution in [0.4, 0.5) is 16.0 Å². The first-order valence-electron chi connectivity index (χ1n) is 11.4. The molecular formula is C19H31ClFN6O8PS. The molecule has 14 nitrogen and oxygen atoms in total. The molecule has 2 aliphatic rings. The molecule has 0 radical (unpaired) electrons. The largest absolute Gasteiger partial charge is 0.387 e. The van der Waals surface area contributed by atoms with Gasteiger partial charge in [-0.3, -0.25) is 4.57 Å². The Morgan fingerprint density at radius 1 is 1.38 bits per heavy atom. The average Bonchev–Trinajstić information content (AvgIpc) is 3.39. The van der Waals surface area contributed by atoms with Gasteiger partial charge < -0.3 is 29.7 Å². The summed E-state index contributed by atoms with van der Waals surface area (Å²) >= 11 is 6.12. The minimum atomic E-state index is -4.93. The van der Waals surface area contributed by atoms with Crippen molar-refractivity contribution in [3.05, 3.63) is 10.8 Å². The number of aromatic nitrogens is 2. The van der Waals surface area contributed by atoms with Gasteiger partial charge in [0, 0.05) is 24.9 Å². The fourth-order valence-electron chi connectivity index (χ4n) is 4.12. The van der Waals surface area contributed by atoms with Gasteiger partial charge in [-0.1, -0.05) is 12.8 Å². The fraction of sp³-hybridized carbons (Fsp3) is 0.737. The number of hydrogen-bond donors (Lipinski definition) is 5. The van der Waals surface area contributed by atoms with Crippen molar-refractivity contribution in [1.82, 2.24) is 14.7 Å². The SMILES string of the molecule is C=NN(c1nc(Cl)nc(NC2CCCC2)c1C)[C@@H]1O[C@H](COC(CNS(C)(=O)=O)P(=O)(O)O)[C@@H](O)[C@@H]1F. The first-order valence-corrected chi connectivity index (χ1v) is 15.3. The van der Waals surface area contributed by atoms with Crippen LogP contribution < -0.4 is 15.0 Å². The Hall–Kier alpha value is -1.49. The van der Waals surface area contributed by atoms with Crippen molar-refractivity contribution in [3.8, 4) is 0 Å². The second-order valence-corrected chi connectivity index (χ2v) is 12.8. The maximum absolute atomic E-state index is 15.2. The first-order chi connectivity index (χ1) is 17.2. The van der Waals surface area contributed by atoms with Crippen LogP contribution in [0, 0.1) is 6.92 Å². The molecule has 2 heterocycles. The highest BCUT2D eigenvalue weighted by molar-refractivity contribution is 7.88. The van der Waals surface area contributed by atoms with E-state index in [9.17, 15) is 27.9 Å². The summed E-state index contributed by atoms with van der Waals surface area (Å²) in [6.07, 6.45) is -1.86. The number of rotatable bonds is 12. The van der Waals surface area contributed by atoms with E-state index in [1.54, 1.807) is 6.92 Å². The summed E-state index contributed by atoms with van der Waals surface area (Å²) in [5.41, 5.74) is 0.488. The monoisotopic (exact) mass is 588 g/mol. The molecule has 3 rings (SSSR count).